The van der Waals surface area contributed by atoms with Gasteiger partial charge in [0.25, 0.3) is 0 Å². The van der Waals surface area contributed by atoms with Crippen LogP contribution in [0.2, 0.25) is 0 Å². The van der Waals surface area contributed by atoms with Gasteiger partial charge >= 0.3 is 0 Å². The zero-order valence-electron chi connectivity index (χ0n) is 9.34. The number of ether oxygens (including phenoxy) is 2. The van der Waals surface area contributed by atoms with Gasteiger partial charge in [-0.3, -0.25) is 4.79 Å². The number of ketones is 1. The van der Waals surface area contributed by atoms with Crippen molar-refractivity contribution < 1.29 is 14.3 Å². The van der Waals surface area contributed by atoms with Gasteiger partial charge in [0.05, 0.1) is 0 Å². The smallest absolute Gasteiger partial charge is 0.188 e. The number of hydrogen-bond acceptors (Lipinski definition) is 3. The monoisotopic (exact) mass is 218 g/mol. The van der Waals surface area contributed by atoms with Gasteiger partial charge in [-0.2, -0.15) is 0 Å². The molecule has 0 saturated heterocycles. The highest BCUT2D eigenvalue weighted by Gasteiger charge is 2.34. The summed E-state index contributed by atoms with van der Waals surface area (Å²) < 4.78 is 10.9. The Morgan fingerprint density at radius 3 is 2.62 bits per heavy atom. The summed E-state index contributed by atoms with van der Waals surface area (Å²) in [5.41, 5.74) is 0.847. The van der Waals surface area contributed by atoms with Gasteiger partial charge in [0.2, 0.25) is 0 Å². The Morgan fingerprint density at radius 1 is 1.31 bits per heavy atom. The SMILES string of the molecule is COC1(C)C=CC(=O)C(c2ccccc2)O1. The molecule has 0 radical (unpaired) electrons. The average Bonchev–Trinajstić information content (AvgIpc) is 2.34. The van der Waals surface area contributed by atoms with Crippen LogP contribution < -0.4 is 0 Å². The number of methoxy groups -OCH3 is 1. The Kier molecular flexibility index (Phi) is 2.90. The van der Waals surface area contributed by atoms with E-state index in [0.717, 1.165) is 5.56 Å². The quantitative estimate of drug-likeness (QED) is 0.763. The number of carbonyl (C=O) groups excluding carboxylic acids is 1. The average molecular weight is 218 g/mol. The van der Waals surface area contributed by atoms with Crippen LogP contribution in [0.5, 0.6) is 0 Å². The first-order valence-corrected chi connectivity index (χ1v) is 5.16. The first-order valence-electron chi connectivity index (χ1n) is 5.16. The van der Waals surface area contributed by atoms with E-state index in [-0.39, 0.29) is 5.78 Å². The van der Waals surface area contributed by atoms with Crippen LogP contribution in [0.3, 0.4) is 0 Å². The van der Waals surface area contributed by atoms with E-state index in [2.05, 4.69) is 0 Å². The maximum absolute atomic E-state index is 11.7. The highest BCUT2D eigenvalue weighted by atomic mass is 16.7. The highest BCUT2D eigenvalue weighted by molar-refractivity contribution is 5.95. The molecule has 1 heterocycles. The molecule has 1 aromatic rings. The third-order valence-corrected chi connectivity index (χ3v) is 2.67. The second-order valence-corrected chi connectivity index (χ2v) is 3.86. The van der Waals surface area contributed by atoms with Crippen molar-refractivity contribution in [3.8, 4) is 0 Å². The van der Waals surface area contributed by atoms with E-state index in [1.807, 2.05) is 30.3 Å². The molecule has 0 saturated carbocycles. The van der Waals surface area contributed by atoms with Gasteiger partial charge in [-0.15, -0.1) is 0 Å². The molecule has 0 amide bonds. The summed E-state index contributed by atoms with van der Waals surface area (Å²) in [6.45, 7) is 1.78. The third-order valence-electron chi connectivity index (χ3n) is 2.67. The van der Waals surface area contributed by atoms with E-state index in [0.29, 0.717) is 0 Å². The van der Waals surface area contributed by atoms with Crippen LogP contribution in [0.1, 0.15) is 18.6 Å². The summed E-state index contributed by atoms with van der Waals surface area (Å²) in [7, 11) is 1.56. The summed E-state index contributed by atoms with van der Waals surface area (Å²) in [4.78, 5) is 11.7. The molecule has 0 spiro atoms. The molecule has 0 fully saturated rings. The molecule has 0 aromatic heterocycles. The van der Waals surface area contributed by atoms with Crippen LogP contribution >= 0.6 is 0 Å². The van der Waals surface area contributed by atoms with Crippen molar-refractivity contribution in [2.24, 2.45) is 0 Å². The van der Waals surface area contributed by atoms with Crippen molar-refractivity contribution in [2.45, 2.75) is 18.8 Å². The van der Waals surface area contributed by atoms with Crippen LogP contribution in [0.4, 0.5) is 0 Å². The first kappa shape index (κ1) is 11.0. The fourth-order valence-corrected chi connectivity index (χ4v) is 1.63. The van der Waals surface area contributed by atoms with E-state index in [4.69, 9.17) is 9.47 Å². The maximum atomic E-state index is 11.7. The minimum absolute atomic E-state index is 0.0549. The minimum atomic E-state index is -0.825. The van der Waals surface area contributed by atoms with Crippen LogP contribution in [0, 0.1) is 0 Å². The molecule has 1 aliphatic heterocycles. The summed E-state index contributed by atoms with van der Waals surface area (Å²) in [5.74, 6) is -0.880. The van der Waals surface area contributed by atoms with Crippen molar-refractivity contribution in [3.05, 3.63) is 48.0 Å². The number of hydrogen-bond donors (Lipinski definition) is 0. The largest absolute Gasteiger partial charge is 0.350 e. The number of carbonyl (C=O) groups is 1. The molecule has 0 bridgehead atoms. The van der Waals surface area contributed by atoms with Gasteiger partial charge in [0.1, 0.15) is 6.10 Å². The molecule has 2 unspecified atom stereocenters. The van der Waals surface area contributed by atoms with Gasteiger partial charge in [0.15, 0.2) is 11.6 Å². The number of benzene rings is 1. The Labute approximate surface area is 94.7 Å². The molecule has 84 valence electrons. The lowest BCUT2D eigenvalue weighted by molar-refractivity contribution is -0.209. The fraction of sp³-hybridized carbons (Fsp3) is 0.308. The topological polar surface area (TPSA) is 35.5 Å². The normalized spacial score (nSPS) is 29.4. The standard InChI is InChI=1S/C13H14O3/c1-13(15-2)9-8-11(14)12(16-13)10-6-4-3-5-7-10/h3-9,12H,1-2H3. The Bertz CT molecular complexity index is 410. The molecule has 1 aromatic carbocycles. The summed E-state index contributed by atoms with van der Waals surface area (Å²) in [6.07, 6.45) is 2.58. The highest BCUT2D eigenvalue weighted by Crippen LogP contribution is 2.30. The zero-order chi connectivity index (χ0) is 11.6. The summed E-state index contributed by atoms with van der Waals surface area (Å²) in [5, 5.41) is 0. The van der Waals surface area contributed by atoms with Gasteiger partial charge in [-0.1, -0.05) is 30.3 Å². The molecule has 2 atom stereocenters. The lowest BCUT2D eigenvalue weighted by Gasteiger charge is -2.32. The molecule has 2 rings (SSSR count). The molecule has 16 heavy (non-hydrogen) atoms. The van der Waals surface area contributed by atoms with Crippen LogP contribution in [-0.4, -0.2) is 18.7 Å². The second-order valence-electron chi connectivity index (χ2n) is 3.86. The third kappa shape index (κ3) is 2.05. The van der Waals surface area contributed by atoms with Gasteiger partial charge in [-0.25, -0.2) is 0 Å². The molecule has 3 nitrogen and oxygen atoms in total. The lowest BCUT2D eigenvalue weighted by Crippen LogP contribution is -2.36. The fourth-order valence-electron chi connectivity index (χ4n) is 1.63. The van der Waals surface area contributed by atoms with Gasteiger partial charge in [0, 0.05) is 7.11 Å². The van der Waals surface area contributed by atoms with Crippen molar-refractivity contribution in [1.29, 1.82) is 0 Å². The Morgan fingerprint density at radius 2 is 2.00 bits per heavy atom. The van der Waals surface area contributed by atoms with E-state index >= 15 is 0 Å². The van der Waals surface area contributed by atoms with E-state index in [1.54, 1.807) is 20.1 Å². The van der Waals surface area contributed by atoms with E-state index in [1.165, 1.54) is 6.08 Å². The predicted octanol–water partition coefficient (Wildman–Crippen LogP) is 2.25. The van der Waals surface area contributed by atoms with Crippen molar-refractivity contribution in [1.82, 2.24) is 0 Å². The molecule has 0 aliphatic carbocycles. The zero-order valence-corrected chi connectivity index (χ0v) is 9.34. The van der Waals surface area contributed by atoms with Crippen LogP contribution in [0.25, 0.3) is 0 Å². The van der Waals surface area contributed by atoms with Gasteiger partial charge < -0.3 is 9.47 Å². The van der Waals surface area contributed by atoms with Crippen molar-refractivity contribution >= 4 is 5.78 Å². The summed E-state index contributed by atoms with van der Waals surface area (Å²) >= 11 is 0. The number of rotatable bonds is 2. The molecular formula is C13H14O3. The summed E-state index contributed by atoms with van der Waals surface area (Å²) in [6, 6.07) is 9.42. The van der Waals surface area contributed by atoms with E-state index in [9.17, 15) is 4.79 Å². The van der Waals surface area contributed by atoms with Crippen molar-refractivity contribution in [2.75, 3.05) is 7.11 Å². The first-order chi connectivity index (χ1) is 7.64. The Balaban J connectivity index is 2.30. The molecule has 3 heteroatoms. The van der Waals surface area contributed by atoms with E-state index < -0.39 is 11.9 Å². The van der Waals surface area contributed by atoms with Crippen LogP contribution in [-0.2, 0) is 14.3 Å². The minimum Gasteiger partial charge on any atom is -0.350 e. The predicted molar refractivity (Wildman–Crippen MR) is 59.8 cm³/mol. The van der Waals surface area contributed by atoms with Gasteiger partial charge in [-0.05, 0) is 24.6 Å². The van der Waals surface area contributed by atoms with Crippen molar-refractivity contribution in [3.63, 3.8) is 0 Å². The molecule has 0 N–H and O–H groups in total. The molecular weight excluding hydrogens is 204 g/mol. The second kappa shape index (κ2) is 4.20. The van der Waals surface area contributed by atoms with Crippen LogP contribution in [0.15, 0.2) is 42.5 Å². The molecule has 1 aliphatic rings. The maximum Gasteiger partial charge on any atom is 0.188 e. The lowest BCUT2D eigenvalue weighted by atomic mass is 10.0. The Hall–Kier alpha value is -1.45.